The van der Waals surface area contributed by atoms with Crippen LogP contribution in [0.25, 0.3) is 0 Å². The van der Waals surface area contributed by atoms with Crippen LogP contribution < -0.4 is 0 Å². The number of nitrogens with zero attached hydrogens (tertiary/aromatic N) is 4. The third-order valence-corrected chi connectivity index (χ3v) is 4.82. The van der Waals surface area contributed by atoms with E-state index in [9.17, 15) is 4.79 Å². The Balaban J connectivity index is 1.46. The Morgan fingerprint density at radius 2 is 2.00 bits per heavy atom. The van der Waals surface area contributed by atoms with E-state index in [2.05, 4.69) is 21.8 Å². The average Bonchev–Trinajstić information content (AvgIpc) is 3.30. The maximum atomic E-state index is 12.9. The molecule has 3 aromatic heterocycles. The van der Waals surface area contributed by atoms with Gasteiger partial charge in [-0.05, 0) is 42.0 Å². The molecule has 134 valence electrons. The molecule has 1 aliphatic rings. The largest absolute Gasteiger partial charge is 0.375 e. The number of amides is 1. The number of hydrogen-bond acceptors (Lipinski definition) is 3. The Hall–Kier alpha value is -2.86. The summed E-state index contributed by atoms with van der Waals surface area (Å²) in [4.78, 5) is 18.8. The molecule has 1 atom stereocenters. The Kier molecular flexibility index (Phi) is 4.58. The predicted octanol–water partition coefficient (Wildman–Crippen LogP) is 2.64. The van der Waals surface area contributed by atoms with Gasteiger partial charge in [0, 0.05) is 44.1 Å². The fourth-order valence-electron chi connectivity index (χ4n) is 3.45. The van der Waals surface area contributed by atoms with E-state index in [-0.39, 0.29) is 11.9 Å². The first-order valence-electron chi connectivity index (χ1n) is 8.75. The summed E-state index contributed by atoms with van der Waals surface area (Å²) in [5.74, 6) is 0.0593. The quantitative estimate of drug-likeness (QED) is 0.711. The van der Waals surface area contributed by atoms with E-state index in [0.717, 1.165) is 11.3 Å². The van der Waals surface area contributed by atoms with Gasteiger partial charge in [-0.3, -0.25) is 9.78 Å². The van der Waals surface area contributed by atoms with E-state index < -0.39 is 0 Å². The lowest BCUT2D eigenvalue weighted by Gasteiger charge is -2.35. The van der Waals surface area contributed by atoms with Crippen LogP contribution in [-0.4, -0.2) is 38.1 Å². The zero-order valence-electron chi connectivity index (χ0n) is 14.8. The summed E-state index contributed by atoms with van der Waals surface area (Å²) < 4.78 is 10.0. The minimum atomic E-state index is 0.0593. The molecule has 0 aromatic carbocycles. The summed E-state index contributed by atoms with van der Waals surface area (Å²) in [5, 5.41) is 0. The number of fused-ring (bicyclic) bond motifs is 1. The van der Waals surface area contributed by atoms with Crippen molar-refractivity contribution >= 4 is 5.91 Å². The van der Waals surface area contributed by atoms with E-state index in [4.69, 9.17) is 4.74 Å². The van der Waals surface area contributed by atoms with Crippen LogP contribution in [-0.2, 0) is 24.9 Å². The standard InChI is InChI=1S/C20H22N4O2/c1-22-10-3-5-19(22)20(25)23-12-17-4-2-11-24(17)18(13-23)15-26-14-16-6-8-21-9-7-16/h2-11,18H,12-15H2,1H3. The molecule has 0 aliphatic carbocycles. The molecule has 26 heavy (non-hydrogen) atoms. The maximum absolute atomic E-state index is 12.9. The Morgan fingerprint density at radius 1 is 1.19 bits per heavy atom. The first-order valence-corrected chi connectivity index (χ1v) is 8.75. The smallest absolute Gasteiger partial charge is 0.270 e. The van der Waals surface area contributed by atoms with Crippen molar-refractivity contribution in [2.45, 2.75) is 19.2 Å². The zero-order chi connectivity index (χ0) is 17.9. The highest BCUT2D eigenvalue weighted by Gasteiger charge is 2.29. The monoisotopic (exact) mass is 350 g/mol. The van der Waals surface area contributed by atoms with Crippen LogP contribution in [0.4, 0.5) is 0 Å². The molecule has 1 amide bonds. The van der Waals surface area contributed by atoms with E-state index in [0.29, 0.717) is 32.0 Å². The van der Waals surface area contributed by atoms with Crippen molar-refractivity contribution in [3.63, 3.8) is 0 Å². The third-order valence-electron chi connectivity index (χ3n) is 4.82. The molecule has 0 spiro atoms. The lowest BCUT2D eigenvalue weighted by molar-refractivity contribution is 0.0475. The summed E-state index contributed by atoms with van der Waals surface area (Å²) in [5.41, 5.74) is 2.94. The van der Waals surface area contributed by atoms with Crippen LogP contribution in [0.5, 0.6) is 0 Å². The summed E-state index contributed by atoms with van der Waals surface area (Å²) in [7, 11) is 1.90. The number of carbonyl (C=O) groups excluding carboxylic acids is 1. The van der Waals surface area contributed by atoms with Crippen molar-refractivity contribution < 1.29 is 9.53 Å². The van der Waals surface area contributed by atoms with Crippen LogP contribution in [0.2, 0.25) is 0 Å². The van der Waals surface area contributed by atoms with Gasteiger partial charge in [0.15, 0.2) is 0 Å². The van der Waals surface area contributed by atoms with E-state index in [1.54, 1.807) is 12.4 Å². The van der Waals surface area contributed by atoms with Crippen LogP contribution >= 0.6 is 0 Å². The summed E-state index contributed by atoms with van der Waals surface area (Å²) in [6.45, 7) is 2.36. The lowest BCUT2D eigenvalue weighted by Crippen LogP contribution is -2.42. The van der Waals surface area contributed by atoms with Crippen molar-refractivity contribution in [1.82, 2.24) is 19.0 Å². The molecule has 0 radical (unpaired) electrons. The Bertz CT molecular complexity index is 884. The second-order valence-electron chi connectivity index (χ2n) is 6.62. The zero-order valence-corrected chi connectivity index (χ0v) is 14.8. The fourth-order valence-corrected chi connectivity index (χ4v) is 3.45. The second-order valence-corrected chi connectivity index (χ2v) is 6.62. The van der Waals surface area contributed by atoms with Crippen LogP contribution in [0, 0.1) is 0 Å². The van der Waals surface area contributed by atoms with Crippen molar-refractivity contribution in [3.05, 3.63) is 78.1 Å². The number of hydrogen-bond donors (Lipinski definition) is 0. The summed E-state index contributed by atoms with van der Waals surface area (Å²) in [6.07, 6.45) is 7.50. The van der Waals surface area contributed by atoms with Crippen molar-refractivity contribution in [3.8, 4) is 0 Å². The lowest BCUT2D eigenvalue weighted by atomic mass is 10.1. The fraction of sp³-hybridized carbons (Fsp3) is 0.300. The van der Waals surface area contributed by atoms with Gasteiger partial charge in [-0.25, -0.2) is 0 Å². The van der Waals surface area contributed by atoms with Crippen molar-refractivity contribution in [2.75, 3.05) is 13.2 Å². The molecule has 3 aromatic rings. The molecule has 1 unspecified atom stereocenters. The van der Waals surface area contributed by atoms with Gasteiger partial charge in [0.25, 0.3) is 5.91 Å². The van der Waals surface area contributed by atoms with Crippen molar-refractivity contribution in [2.24, 2.45) is 7.05 Å². The number of aryl methyl sites for hydroxylation is 1. The van der Waals surface area contributed by atoms with E-state index >= 15 is 0 Å². The highest BCUT2D eigenvalue weighted by atomic mass is 16.5. The van der Waals surface area contributed by atoms with Gasteiger partial charge in [0.1, 0.15) is 5.69 Å². The molecule has 6 nitrogen and oxygen atoms in total. The third kappa shape index (κ3) is 3.28. The molecule has 0 N–H and O–H groups in total. The molecule has 0 saturated carbocycles. The van der Waals surface area contributed by atoms with Gasteiger partial charge in [-0.1, -0.05) is 0 Å². The first kappa shape index (κ1) is 16.6. The van der Waals surface area contributed by atoms with Gasteiger partial charge < -0.3 is 18.8 Å². The Morgan fingerprint density at radius 3 is 2.77 bits per heavy atom. The van der Waals surface area contributed by atoms with Crippen molar-refractivity contribution in [1.29, 1.82) is 0 Å². The minimum Gasteiger partial charge on any atom is -0.375 e. The molecule has 0 fully saturated rings. The van der Waals surface area contributed by atoms with Crippen LogP contribution in [0.3, 0.4) is 0 Å². The molecule has 0 bridgehead atoms. The Labute approximate surface area is 152 Å². The molecule has 4 heterocycles. The normalized spacial score (nSPS) is 16.5. The van der Waals surface area contributed by atoms with Gasteiger partial charge >= 0.3 is 0 Å². The molecule has 4 rings (SSSR count). The average molecular weight is 350 g/mol. The van der Waals surface area contributed by atoms with Gasteiger partial charge in [0.05, 0.1) is 25.8 Å². The number of carbonyl (C=O) groups is 1. The maximum Gasteiger partial charge on any atom is 0.270 e. The number of rotatable bonds is 5. The predicted molar refractivity (Wildman–Crippen MR) is 97.5 cm³/mol. The second kappa shape index (κ2) is 7.17. The summed E-state index contributed by atoms with van der Waals surface area (Å²) >= 11 is 0. The highest BCUT2D eigenvalue weighted by Crippen LogP contribution is 2.24. The van der Waals surface area contributed by atoms with E-state index in [1.807, 2.05) is 53.0 Å². The first-order chi connectivity index (χ1) is 12.7. The molecular weight excluding hydrogens is 328 g/mol. The summed E-state index contributed by atoms with van der Waals surface area (Å²) in [6, 6.07) is 11.9. The van der Waals surface area contributed by atoms with Gasteiger partial charge in [0.2, 0.25) is 0 Å². The molecule has 0 saturated heterocycles. The van der Waals surface area contributed by atoms with E-state index in [1.165, 1.54) is 0 Å². The van der Waals surface area contributed by atoms with Crippen LogP contribution in [0.15, 0.2) is 61.2 Å². The van der Waals surface area contributed by atoms with Crippen LogP contribution in [0.1, 0.15) is 27.8 Å². The molecule has 6 heteroatoms. The number of ether oxygens (including phenoxy) is 1. The minimum absolute atomic E-state index is 0.0593. The molecular formula is C20H22N4O2. The number of aromatic nitrogens is 3. The SMILES string of the molecule is Cn1cccc1C(=O)N1Cc2cccn2C(COCc2ccncc2)C1. The topological polar surface area (TPSA) is 52.3 Å². The molecule has 1 aliphatic heterocycles. The van der Waals surface area contributed by atoms with Gasteiger partial charge in [-0.15, -0.1) is 0 Å². The number of pyridine rings is 1. The highest BCUT2D eigenvalue weighted by molar-refractivity contribution is 5.92. The van der Waals surface area contributed by atoms with Gasteiger partial charge in [-0.2, -0.15) is 0 Å².